The van der Waals surface area contributed by atoms with Gasteiger partial charge in [-0.25, -0.2) is 9.97 Å². The van der Waals surface area contributed by atoms with Crippen molar-refractivity contribution in [1.82, 2.24) is 35.4 Å². The molecule has 6 heterocycles. The second-order valence-electron chi connectivity index (χ2n) is 17.8. The monoisotopic (exact) mass is 835 g/mol. The average Bonchev–Trinajstić information content (AvgIpc) is 3.82. The number of piperidine rings is 1. The second kappa shape index (κ2) is 16.2. The summed E-state index contributed by atoms with van der Waals surface area (Å²) in [6.45, 7) is 12.5. The summed E-state index contributed by atoms with van der Waals surface area (Å²) in [6.07, 6.45) is 9.39. The van der Waals surface area contributed by atoms with Crippen LogP contribution in [0.25, 0.3) is 0 Å². The number of anilines is 6. The molecule has 4 aromatic rings. The molecule has 4 N–H and O–H groups in total. The van der Waals surface area contributed by atoms with Gasteiger partial charge in [-0.15, -0.1) is 6.58 Å². The number of nitrogens with zero attached hydrogens (tertiary/aromatic N) is 7. The minimum Gasteiger partial charge on any atom is -0.370 e. The molecular weight excluding hydrogens is 783 g/mol. The van der Waals surface area contributed by atoms with Crippen molar-refractivity contribution in [2.24, 2.45) is 5.41 Å². The molecule has 15 heteroatoms. The number of nitrogens with one attached hydrogen (secondary N) is 4. The smallest absolute Gasteiger partial charge is 0.256 e. The Balaban J connectivity index is 0.722. The summed E-state index contributed by atoms with van der Waals surface area (Å²) in [5.41, 5.74) is 7.86. The molecule has 0 radical (unpaired) electrons. The van der Waals surface area contributed by atoms with Crippen molar-refractivity contribution in [3.05, 3.63) is 101 Å². The van der Waals surface area contributed by atoms with Gasteiger partial charge in [0, 0.05) is 116 Å². The summed E-state index contributed by atoms with van der Waals surface area (Å²) in [7, 11) is 0. The van der Waals surface area contributed by atoms with E-state index in [-0.39, 0.29) is 30.0 Å². The predicted molar refractivity (Wildman–Crippen MR) is 237 cm³/mol. The van der Waals surface area contributed by atoms with Crippen LogP contribution in [0.3, 0.4) is 0 Å². The Morgan fingerprint density at radius 2 is 1.74 bits per heavy atom. The number of hydrogen-bond acceptors (Lipinski definition) is 12. The summed E-state index contributed by atoms with van der Waals surface area (Å²) >= 11 is 0. The summed E-state index contributed by atoms with van der Waals surface area (Å²) in [4.78, 5) is 74.1. The maximum Gasteiger partial charge on any atom is 0.256 e. The van der Waals surface area contributed by atoms with E-state index in [0.717, 1.165) is 81.2 Å². The summed E-state index contributed by atoms with van der Waals surface area (Å²) in [6, 6.07) is 18.3. The molecule has 1 saturated carbocycles. The minimum absolute atomic E-state index is 0.128. The van der Waals surface area contributed by atoms with Gasteiger partial charge in [0.2, 0.25) is 17.8 Å². The van der Waals surface area contributed by atoms with E-state index in [1.54, 1.807) is 11.0 Å². The average molecular weight is 836 g/mol. The zero-order chi connectivity index (χ0) is 42.5. The van der Waals surface area contributed by atoms with Crippen molar-refractivity contribution in [3.8, 4) is 0 Å². The topological polar surface area (TPSA) is 168 Å². The van der Waals surface area contributed by atoms with Crippen molar-refractivity contribution in [1.29, 1.82) is 0 Å². The minimum atomic E-state index is -0.610. The quantitative estimate of drug-likeness (QED) is 0.108. The van der Waals surface area contributed by atoms with E-state index < -0.39 is 6.04 Å². The van der Waals surface area contributed by atoms with Crippen molar-refractivity contribution >= 4 is 58.3 Å². The molecule has 2 aliphatic carbocycles. The molecular formula is C47H53N11O4. The Bertz CT molecular complexity index is 2430. The zero-order valence-electron chi connectivity index (χ0n) is 35.2. The highest BCUT2D eigenvalue weighted by molar-refractivity contribution is 6.06. The number of carbonyl (C=O) groups excluding carboxylic acids is 4. The molecule has 0 bridgehead atoms. The molecule has 2 atom stereocenters. The fourth-order valence-electron chi connectivity index (χ4n) is 10.6. The van der Waals surface area contributed by atoms with Crippen LogP contribution in [0.1, 0.15) is 88.9 Å². The lowest BCUT2D eigenvalue weighted by molar-refractivity contribution is -0.136. The molecule has 4 fully saturated rings. The van der Waals surface area contributed by atoms with Crippen molar-refractivity contribution in [2.45, 2.75) is 76.4 Å². The lowest BCUT2D eigenvalue weighted by atomic mass is 9.60. The van der Waals surface area contributed by atoms with Crippen LogP contribution >= 0.6 is 0 Å². The number of piperazine rings is 1. The number of pyridine rings is 1. The molecule has 2 aromatic heterocycles. The Hall–Kier alpha value is -6.35. The molecule has 2 unspecified atom stereocenters. The van der Waals surface area contributed by atoms with E-state index in [2.05, 4.69) is 78.7 Å². The number of hydrogen-bond donors (Lipinski definition) is 4. The third-order valence-corrected chi connectivity index (χ3v) is 13.9. The number of aromatic nitrogens is 3. The van der Waals surface area contributed by atoms with Gasteiger partial charge in [0.1, 0.15) is 23.2 Å². The fraction of sp³-hybridized carbons (Fsp3) is 0.426. The Morgan fingerprint density at radius 3 is 2.50 bits per heavy atom. The summed E-state index contributed by atoms with van der Waals surface area (Å²) < 4.78 is 0. The largest absolute Gasteiger partial charge is 0.370 e. The fourth-order valence-corrected chi connectivity index (χ4v) is 10.6. The van der Waals surface area contributed by atoms with Crippen molar-refractivity contribution in [2.75, 3.05) is 66.2 Å². The lowest BCUT2D eigenvalue weighted by Crippen LogP contribution is -2.68. The van der Waals surface area contributed by atoms with E-state index in [4.69, 9.17) is 9.97 Å². The van der Waals surface area contributed by atoms with Gasteiger partial charge in [-0.1, -0.05) is 25.1 Å². The number of amides is 4. The third kappa shape index (κ3) is 7.41. The van der Waals surface area contributed by atoms with E-state index in [1.807, 2.05) is 30.3 Å². The van der Waals surface area contributed by atoms with Gasteiger partial charge in [-0.2, -0.15) is 4.98 Å². The zero-order valence-corrected chi connectivity index (χ0v) is 35.2. The standard InChI is InChI=1S/C47H53N11O4/c1-3-18-48-43(60)35-25-49-46(54-42(35)52-39-16-10-30-9-8-29(4-2)41(30)51-39)50-31-11-13-32(14-12-31)57-27-47(28-57)23-33(24-47)55-19-21-56(22-20-55)37-7-5-6-34-36(37)26-58(45(34)62)38-15-17-40(59)53-44(38)61/h3,5-7,10-14,16,25,29,33,38H,1,4,8-9,15,17-24,26-28H2,2H3,(H,48,60)(H,53,59,61)(H2,49,50,51,52,54). The van der Waals surface area contributed by atoms with E-state index in [1.165, 1.54) is 30.3 Å². The van der Waals surface area contributed by atoms with E-state index in [9.17, 15) is 19.2 Å². The van der Waals surface area contributed by atoms with Gasteiger partial charge in [-0.3, -0.25) is 29.4 Å². The van der Waals surface area contributed by atoms with Gasteiger partial charge < -0.3 is 30.7 Å². The molecule has 62 heavy (non-hydrogen) atoms. The molecule has 3 saturated heterocycles. The van der Waals surface area contributed by atoms with Crippen LogP contribution in [-0.4, -0.2) is 106 Å². The van der Waals surface area contributed by atoms with Crippen LogP contribution in [0.2, 0.25) is 0 Å². The SMILES string of the molecule is C=CCNC(=O)c1cnc(Nc2ccc(N3CC4(CC(N5CCN(c6cccc7c6CN(C6CCC(=O)NC6=O)C7=O)CC5)C4)C3)cc2)nc1Nc1ccc2c(n1)C(CC)CC2. The van der Waals surface area contributed by atoms with Crippen molar-refractivity contribution in [3.63, 3.8) is 0 Å². The number of rotatable bonds is 12. The van der Waals surface area contributed by atoms with Crippen LogP contribution in [0.4, 0.5) is 34.6 Å². The van der Waals surface area contributed by atoms with Crippen LogP contribution in [0.15, 0.2) is 73.4 Å². The number of fused-ring (bicyclic) bond motifs is 2. The number of aryl methyl sites for hydroxylation is 1. The third-order valence-electron chi connectivity index (χ3n) is 13.9. The van der Waals surface area contributed by atoms with Gasteiger partial charge in [0.25, 0.3) is 11.8 Å². The van der Waals surface area contributed by atoms with Crippen LogP contribution in [0, 0.1) is 5.41 Å². The lowest BCUT2D eigenvalue weighted by Gasteiger charge is -2.62. The predicted octanol–water partition coefficient (Wildman–Crippen LogP) is 5.27. The number of carbonyl (C=O) groups is 4. The number of imide groups is 1. The molecule has 15 nitrogen and oxygen atoms in total. The normalized spacial score (nSPS) is 21.8. The van der Waals surface area contributed by atoms with Crippen LogP contribution in [0.5, 0.6) is 0 Å². The Morgan fingerprint density at radius 1 is 0.935 bits per heavy atom. The first-order chi connectivity index (χ1) is 30.2. The van der Waals surface area contributed by atoms with Crippen LogP contribution < -0.4 is 31.1 Å². The maximum atomic E-state index is 13.4. The maximum absolute atomic E-state index is 13.4. The molecule has 2 aromatic carbocycles. The van der Waals surface area contributed by atoms with Gasteiger partial charge in [0.15, 0.2) is 0 Å². The summed E-state index contributed by atoms with van der Waals surface area (Å²) in [5.74, 6) is 0.763. The molecule has 10 rings (SSSR count). The van der Waals surface area contributed by atoms with Crippen molar-refractivity contribution < 1.29 is 19.2 Å². The first-order valence-corrected chi connectivity index (χ1v) is 22.1. The highest BCUT2D eigenvalue weighted by Crippen LogP contribution is 2.51. The van der Waals surface area contributed by atoms with Gasteiger partial charge >= 0.3 is 0 Å². The molecule has 4 aliphatic heterocycles. The second-order valence-corrected chi connectivity index (χ2v) is 17.8. The molecule has 6 aliphatic rings. The Kier molecular flexibility index (Phi) is 10.4. The molecule has 320 valence electrons. The highest BCUT2D eigenvalue weighted by Gasteiger charge is 2.54. The Labute approximate surface area is 361 Å². The van der Waals surface area contributed by atoms with Gasteiger partial charge in [-0.05, 0) is 86.6 Å². The van der Waals surface area contributed by atoms with Gasteiger partial charge in [0.05, 0.1) is 0 Å². The first-order valence-electron chi connectivity index (χ1n) is 22.1. The molecule has 1 spiro atoms. The highest BCUT2D eigenvalue weighted by atomic mass is 16.2. The summed E-state index contributed by atoms with van der Waals surface area (Å²) in [5, 5.41) is 11.9. The number of benzene rings is 2. The van der Waals surface area contributed by atoms with Crippen LogP contribution in [-0.2, 0) is 22.6 Å². The first kappa shape index (κ1) is 39.8. The van der Waals surface area contributed by atoms with E-state index >= 15 is 0 Å². The molecule has 4 amide bonds. The van der Waals surface area contributed by atoms with E-state index in [0.29, 0.717) is 65.6 Å².